The second kappa shape index (κ2) is 9.70. The maximum atomic E-state index is 13.1. The second-order valence-electron chi connectivity index (χ2n) is 5.60. The molecule has 0 radical (unpaired) electrons. The van der Waals surface area contributed by atoms with Gasteiger partial charge in [0.05, 0.1) is 29.5 Å². The molecule has 0 unspecified atom stereocenters. The van der Waals surface area contributed by atoms with Crippen LogP contribution in [0.2, 0.25) is 0 Å². The Labute approximate surface area is 178 Å². The standard InChI is InChI=1S/C17H15F3N4O2S2.ClH/c1-21-6-9-3-4-13(28-9)12(25)8-27-15-10-5-14(26-2)22-7-11(10)23-16(24-15)17(18,19)20;/h3-5,7,21H,6,8H2,1-2H3;1H. The van der Waals surface area contributed by atoms with Crippen molar-refractivity contribution in [1.82, 2.24) is 20.3 Å². The number of alkyl halides is 3. The number of thiophene rings is 1. The number of pyridine rings is 1. The van der Waals surface area contributed by atoms with Crippen molar-refractivity contribution in [2.75, 3.05) is 19.9 Å². The highest BCUT2D eigenvalue weighted by molar-refractivity contribution is 8.00. The summed E-state index contributed by atoms with van der Waals surface area (Å²) in [5.41, 5.74) is 0.0329. The third kappa shape index (κ3) is 5.56. The van der Waals surface area contributed by atoms with Gasteiger partial charge in [0.15, 0.2) is 5.78 Å². The summed E-state index contributed by atoms with van der Waals surface area (Å²) >= 11 is 2.28. The van der Waals surface area contributed by atoms with Gasteiger partial charge in [0, 0.05) is 22.9 Å². The molecule has 0 aliphatic heterocycles. The molecule has 1 N–H and O–H groups in total. The van der Waals surface area contributed by atoms with Crippen molar-refractivity contribution in [3.05, 3.63) is 40.0 Å². The maximum absolute atomic E-state index is 13.1. The Kier molecular flexibility index (Phi) is 7.80. The van der Waals surface area contributed by atoms with Crippen LogP contribution in [0.1, 0.15) is 20.4 Å². The summed E-state index contributed by atoms with van der Waals surface area (Å²) in [5.74, 6) is -1.28. The molecule has 0 aromatic carbocycles. The number of nitrogens with one attached hydrogen (secondary N) is 1. The van der Waals surface area contributed by atoms with E-state index in [1.165, 1.54) is 30.7 Å². The number of carbonyl (C=O) groups is 1. The van der Waals surface area contributed by atoms with Crippen molar-refractivity contribution < 1.29 is 22.7 Å². The number of aromatic nitrogens is 3. The van der Waals surface area contributed by atoms with Gasteiger partial charge in [-0.15, -0.1) is 23.7 Å². The van der Waals surface area contributed by atoms with Crippen LogP contribution in [0, 0.1) is 0 Å². The molecule has 0 aliphatic rings. The topological polar surface area (TPSA) is 77.0 Å². The molecule has 3 aromatic rings. The lowest BCUT2D eigenvalue weighted by Gasteiger charge is -2.10. The minimum absolute atomic E-state index is 0. The maximum Gasteiger partial charge on any atom is 0.451 e. The van der Waals surface area contributed by atoms with Crippen molar-refractivity contribution in [2.24, 2.45) is 0 Å². The number of hydrogen-bond donors (Lipinski definition) is 1. The molecule has 29 heavy (non-hydrogen) atoms. The predicted octanol–water partition coefficient (Wildman–Crippen LogP) is 4.23. The average Bonchev–Trinajstić information content (AvgIpc) is 3.13. The SMILES string of the molecule is CNCc1ccc(C(=O)CSc2nc(C(F)(F)F)nc3cnc(OC)cc23)s1.Cl. The van der Waals surface area contributed by atoms with Gasteiger partial charge in [-0.3, -0.25) is 4.79 Å². The van der Waals surface area contributed by atoms with Crippen LogP contribution >= 0.6 is 35.5 Å². The second-order valence-corrected chi connectivity index (χ2v) is 7.73. The number of ether oxygens (including phenoxy) is 1. The molecule has 0 amide bonds. The summed E-state index contributed by atoms with van der Waals surface area (Å²) in [6, 6.07) is 5.02. The Hall–Kier alpha value is -1.95. The summed E-state index contributed by atoms with van der Waals surface area (Å²) < 4.78 is 44.4. The van der Waals surface area contributed by atoms with Crippen LogP contribution in [0.25, 0.3) is 10.9 Å². The van der Waals surface area contributed by atoms with E-state index in [0.717, 1.165) is 16.6 Å². The molecule has 0 atom stereocenters. The molecule has 3 rings (SSSR count). The van der Waals surface area contributed by atoms with Gasteiger partial charge in [0.2, 0.25) is 11.7 Å². The molecule has 12 heteroatoms. The van der Waals surface area contributed by atoms with Crippen LogP contribution in [-0.4, -0.2) is 40.6 Å². The number of fused-ring (bicyclic) bond motifs is 1. The molecule has 0 saturated carbocycles. The lowest BCUT2D eigenvalue weighted by molar-refractivity contribution is -0.145. The number of Topliss-reactive ketones (excluding diaryl/α,β-unsaturated/α-hetero) is 1. The number of hydrogen-bond acceptors (Lipinski definition) is 8. The van der Waals surface area contributed by atoms with Gasteiger partial charge < -0.3 is 10.1 Å². The number of methoxy groups -OCH3 is 1. The van der Waals surface area contributed by atoms with E-state index in [1.54, 1.807) is 13.1 Å². The first-order valence-electron chi connectivity index (χ1n) is 8.00. The minimum Gasteiger partial charge on any atom is -0.481 e. The first kappa shape index (κ1) is 23.3. The summed E-state index contributed by atoms with van der Waals surface area (Å²) in [4.78, 5) is 25.0. The summed E-state index contributed by atoms with van der Waals surface area (Å²) in [6.45, 7) is 0.642. The van der Waals surface area contributed by atoms with Crippen LogP contribution in [0.15, 0.2) is 29.4 Å². The molecule has 0 aliphatic carbocycles. The van der Waals surface area contributed by atoms with Crippen molar-refractivity contribution >= 4 is 52.2 Å². The van der Waals surface area contributed by atoms with Gasteiger partial charge in [-0.25, -0.2) is 15.0 Å². The molecular formula is C17H16ClF3N4O2S2. The highest BCUT2D eigenvalue weighted by Gasteiger charge is 2.35. The average molecular weight is 465 g/mol. The highest BCUT2D eigenvalue weighted by Crippen LogP contribution is 2.33. The van der Waals surface area contributed by atoms with Gasteiger partial charge in [-0.05, 0) is 19.2 Å². The zero-order chi connectivity index (χ0) is 20.3. The molecule has 3 aromatic heterocycles. The van der Waals surface area contributed by atoms with Gasteiger partial charge in [-0.2, -0.15) is 13.2 Å². The van der Waals surface area contributed by atoms with Crippen molar-refractivity contribution in [1.29, 1.82) is 0 Å². The van der Waals surface area contributed by atoms with E-state index in [-0.39, 0.29) is 40.4 Å². The summed E-state index contributed by atoms with van der Waals surface area (Å²) in [6.07, 6.45) is -3.51. The third-order valence-corrected chi connectivity index (χ3v) is 5.73. The minimum atomic E-state index is -4.71. The Morgan fingerprint density at radius 3 is 2.72 bits per heavy atom. The Morgan fingerprint density at radius 1 is 1.31 bits per heavy atom. The van der Waals surface area contributed by atoms with E-state index < -0.39 is 12.0 Å². The van der Waals surface area contributed by atoms with E-state index in [2.05, 4.69) is 20.3 Å². The fraction of sp³-hybridized carbons (Fsp3) is 0.294. The molecule has 3 heterocycles. The largest absolute Gasteiger partial charge is 0.481 e. The zero-order valence-corrected chi connectivity index (χ0v) is 17.7. The van der Waals surface area contributed by atoms with Crippen LogP contribution in [0.5, 0.6) is 5.88 Å². The Balaban J connectivity index is 0.00000300. The van der Waals surface area contributed by atoms with Crippen molar-refractivity contribution in [3.63, 3.8) is 0 Å². The molecule has 0 bridgehead atoms. The van der Waals surface area contributed by atoms with E-state index in [0.29, 0.717) is 16.8 Å². The quantitative estimate of drug-likeness (QED) is 0.318. The Morgan fingerprint density at radius 2 is 2.07 bits per heavy atom. The van der Waals surface area contributed by atoms with Gasteiger partial charge >= 0.3 is 6.18 Å². The van der Waals surface area contributed by atoms with Crippen LogP contribution in [0.3, 0.4) is 0 Å². The molecule has 0 spiro atoms. The number of halogens is 4. The van der Waals surface area contributed by atoms with Crippen molar-refractivity contribution in [3.8, 4) is 5.88 Å². The van der Waals surface area contributed by atoms with E-state index in [9.17, 15) is 18.0 Å². The highest BCUT2D eigenvalue weighted by atomic mass is 35.5. The van der Waals surface area contributed by atoms with E-state index in [1.807, 2.05) is 6.07 Å². The normalized spacial score (nSPS) is 11.3. The Bertz CT molecular complexity index is 1010. The number of rotatable bonds is 7. The third-order valence-electron chi connectivity index (χ3n) is 3.61. The fourth-order valence-electron chi connectivity index (χ4n) is 2.34. The monoisotopic (exact) mass is 464 g/mol. The number of nitrogens with zero attached hydrogens (tertiary/aromatic N) is 3. The summed E-state index contributed by atoms with van der Waals surface area (Å²) in [7, 11) is 3.20. The van der Waals surface area contributed by atoms with Crippen LogP contribution < -0.4 is 10.1 Å². The first-order valence-corrected chi connectivity index (χ1v) is 9.80. The van der Waals surface area contributed by atoms with Crippen LogP contribution in [-0.2, 0) is 12.7 Å². The number of carbonyl (C=O) groups excluding carboxylic acids is 1. The molecular weight excluding hydrogens is 449 g/mol. The molecule has 0 saturated heterocycles. The summed E-state index contributed by atoms with van der Waals surface area (Å²) in [5, 5.41) is 3.40. The van der Waals surface area contributed by atoms with Crippen LogP contribution in [0.4, 0.5) is 13.2 Å². The first-order chi connectivity index (χ1) is 13.3. The molecule has 0 fully saturated rings. The smallest absolute Gasteiger partial charge is 0.451 e. The lowest BCUT2D eigenvalue weighted by atomic mass is 10.3. The fourth-order valence-corrected chi connectivity index (χ4v) is 4.28. The van der Waals surface area contributed by atoms with E-state index in [4.69, 9.17) is 4.74 Å². The van der Waals surface area contributed by atoms with Crippen molar-refractivity contribution in [2.45, 2.75) is 17.7 Å². The predicted molar refractivity (Wildman–Crippen MR) is 108 cm³/mol. The number of thioether (sulfide) groups is 1. The lowest BCUT2D eigenvalue weighted by Crippen LogP contribution is -2.12. The van der Waals surface area contributed by atoms with Gasteiger partial charge in [0.1, 0.15) is 5.03 Å². The molecule has 156 valence electrons. The van der Waals surface area contributed by atoms with E-state index >= 15 is 0 Å². The number of ketones is 1. The molecule has 6 nitrogen and oxygen atoms in total. The van der Waals surface area contributed by atoms with Gasteiger partial charge in [-0.1, -0.05) is 11.8 Å². The zero-order valence-electron chi connectivity index (χ0n) is 15.2. The van der Waals surface area contributed by atoms with Gasteiger partial charge in [0.25, 0.3) is 0 Å².